The topological polar surface area (TPSA) is 68.1 Å². The molecule has 0 atom stereocenters. The summed E-state index contributed by atoms with van der Waals surface area (Å²) in [6, 6.07) is 3.34. The Morgan fingerprint density at radius 1 is 1.50 bits per heavy atom. The SMILES string of the molecule is CCc1cc(OC)cc(C(=O)O)c1C1=NC(C)(C)CO1. The van der Waals surface area contributed by atoms with Crippen molar-refractivity contribution in [1.29, 1.82) is 0 Å². The molecular formula is C15H19NO4. The molecule has 0 saturated carbocycles. The third-order valence-corrected chi connectivity index (χ3v) is 3.22. The fraction of sp³-hybridized carbons (Fsp3) is 0.467. The van der Waals surface area contributed by atoms with Gasteiger partial charge in [-0.2, -0.15) is 0 Å². The number of methoxy groups -OCH3 is 1. The Hall–Kier alpha value is -2.04. The largest absolute Gasteiger partial charge is 0.497 e. The van der Waals surface area contributed by atoms with E-state index in [1.165, 1.54) is 13.2 Å². The number of rotatable bonds is 4. The Labute approximate surface area is 118 Å². The van der Waals surface area contributed by atoms with Gasteiger partial charge in [-0.05, 0) is 38.0 Å². The molecule has 0 aromatic heterocycles. The maximum Gasteiger partial charge on any atom is 0.336 e. The Bertz CT molecular complexity index is 575. The van der Waals surface area contributed by atoms with Crippen LogP contribution in [0, 0.1) is 0 Å². The van der Waals surface area contributed by atoms with Gasteiger partial charge in [-0.3, -0.25) is 0 Å². The highest BCUT2D eigenvalue weighted by atomic mass is 16.5. The molecule has 0 spiro atoms. The third-order valence-electron chi connectivity index (χ3n) is 3.22. The Morgan fingerprint density at radius 2 is 2.20 bits per heavy atom. The van der Waals surface area contributed by atoms with Crippen LogP contribution in [0.4, 0.5) is 0 Å². The zero-order valence-electron chi connectivity index (χ0n) is 12.2. The number of carbonyl (C=O) groups is 1. The van der Waals surface area contributed by atoms with Crippen LogP contribution in [0.1, 0.15) is 42.3 Å². The molecule has 5 nitrogen and oxygen atoms in total. The van der Waals surface area contributed by atoms with E-state index in [9.17, 15) is 9.90 Å². The van der Waals surface area contributed by atoms with Crippen LogP contribution in [0.5, 0.6) is 5.75 Å². The van der Waals surface area contributed by atoms with E-state index >= 15 is 0 Å². The van der Waals surface area contributed by atoms with Crippen LogP contribution in [0.2, 0.25) is 0 Å². The van der Waals surface area contributed by atoms with Crippen LogP contribution in [-0.4, -0.2) is 36.2 Å². The van der Waals surface area contributed by atoms with Gasteiger partial charge in [-0.25, -0.2) is 9.79 Å². The van der Waals surface area contributed by atoms with Gasteiger partial charge in [0.05, 0.1) is 23.8 Å². The van der Waals surface area contributed by atoms with Crippen LogP contribution in [0.25, 0.3) is 0 Å². The molecule has 1 aromatic rings. The summed E-state index contributed by atoms with van der Waals surface area (Å²) < 4.78 is 10.8. The molecule has 1 aliphatic heterocycles. The van der Waals surface area contributed by atoms with E-state index < -0.39 is 5.97 Å². The van der Waals surface area contributed by atoms with Gasteiger partial charge in [-0.15, -0.1) is 0 Å². The van der Waals surface area contributed by atoms with Crippen molar-refractivity contribution in [3.8, 4) is 5.75 Å². The van der Waals surface area contributed by atoms with Crippen molar-refractivity contribution in [2.75, 3.05) is 13.7 Å². The maximum absolute atomic E-state index is 11.5. The zero-order chi connectivity index (χ0) is 14.9. The molecule has 1 aliphatic rings. The Morgan fingerprint density at radius 3 is 2.65 bits per heavy atom. The molecule has 0 bridgehead atoms. The molecule has 20 heavy (non-hydrogen) atoms. The average Bonchev–Trinajstić information content (AvgIpc) is 2.76. The van der Waals surface area contributed by atoms with Crippen molar-refractivity contribution in [3.05, 3.63) is 28.8 Å². The minimum Gasteiger partial charge on any atom is -0.497 e. The molecule has 1 heterocycles. The first-order valence-electron chi connectivity index (χ1n) is 6.55. The number of aryl methyl sites for hydroxylation is 1. The first kappa shape index (κ1) is 14.4. The highest BCUT2D eigenvalue weighted by Crippen LogP contribution is 2.28. The van der Waals surface area contributed by atoms with Gasteiger partial charge >= 0.3 is 5.97 Å². The molecule has 5 heteroatoms. The number of benzene rings is 1. The molecule has 1 N–H and O–H groups in total. The maximum atomic E-state index is 11.5. The molecule has 0 unspecified atom stereocenters. The minimum atomic E-state index is -1.01. The lowest BCUT2D eigenvalue weighted by Crippen LogP contribution is -2.17. The number of aliphatic imine (C=N–C) groups is 1. The Balaban J connectivity index is 2.64. The second-order valence-electron chi connectivity index (χ2n) is 5.39. The van der Waals surface area contributed by atoms with E-state index in [4.69, 9.17) is 9.47 Å². The van der Waals surface area contributed by atoms with Crippen molar-refractivity contribution in [1.82, 2.24) is 0 Å². The fourth-order valence-corrected chi connectivity index (χ4v) is 2.20. The van der Waals surface area contributed by atoms with Gasteiger partial charge in [0, 0.05) is 0 Å². The summed E-state index contributed by atoms with van der Waals surface area (Å²) in [5.74, 6) is -0.0719. The minimum absolute atomic E-state index is 0.164. The van der Waals surface area contributed by atoms with E-state index in [-0.39, 0.29) is 11.1 Å². The molecule has 1 aromatic carbocycles. The molecular weight excluding hydrogens is 258 g/mol. The standard InChI is InChI=1S/C15H19NO4/c1-5-9-6-10(19-4)7-11(14(17)18)12(9)13-16-15(2,3)8-20-13/h6-7H,5,8H2,1-4H3,(H,17,18). The lowest BCUT2D eigenvalue weighted by atomic mass is 9.98. The van der Waals surface area contributed by atoms with Gasteiger partial charge in [0.2, 0.25) is 5.90 Å². The normalized spacial score (nSPS) is 16.5. The van der Waals surface area contributed by atoms with Crippen LogP contribution >= 0.6 is 0 Å². The molecule has 0 amide bonds. The number of hydrogen-bond donors (Lipinski definition) is 1. The summed E-state index contributed by atoms with van der Waals surface area (Å²) >= 11 is 0. The highest BCUT2D eigenvalue weighted by molar-refractivity contribution is 6.06. The predicted molar refractivity (Wildman–Crippen MR) is 75.9 cm³/mol. The molecule has 0 saturated heterocycles. The fourth-order valence-electron chi connectivity index (χ4n) is 2.20. The number of carboxylic acids is 1. The van der Waals surface area contributed by atoms with Gasteiger partial charge in [-0.1, -0.05) is 6.92 Å². The number of nitrogens with zero attached hydrogens (tertiary/aromatic N) is 1. The molecule has 2 rings (SSSR count). The van der Waals surface area contributed by atoms with E-state index in [0.29, 0.717) is 30.2 Å². The lowest BCUT2D eigenvalue weighted by Gasteiger charge is -2.13. The average molecular weight is 277 g/mol. The summed E-state index contributed by atoms with van der Waals surface area (Å²) in [5.41, 5.74) is 1.26. The lowest BCUT2D eigenvalue weighted by molar-refractivity contribution is 0.0695. The molecule has 0 aliphatic carbocycles. The number of hydrogen-bond acceptors (Lipinski definition) is 4. The van der Waals surface area contributed by atoms with Gasteiger partial charge in [0.25, 0.3) is 0 Å². The molecule has 108 valence electrons. The van der Waals surface area contributed by atoms with Crippen molar-refractivity contribution in [2.24, 2.45) is 4.99 Å². The quantitative estimate of drug-likeness (QED) is 0.918. The second kappa shape index (κ2) is 5.15. The summed E-state index contributed by atoms with van der Waals surface area (Å²) in [6.07, 6.45) is 0.676. The second-order valence-corrected chi connectivity index (χ2v) is 5.39. The first-order chi connectivity index (χ1) is 9.38. The summed E-state index contributed by atoms with van der Waals surface area (Å²) in [5, 5.41) is 9.43. The number of carboxylic acid groups (broad SMARTS) is 1. The van der Waals surface area contributed by atoms with E-state index in [1.807, 2.05) is 26.8 Å². The molecule has 0 radical (unpaired) electrons. The number of ether oxygens (including phenoxy) is 2. The van der Waals surface area contributed by atoms with Crippen LogP contribution in [-0.2, 0) is 11.2 Å². The van der Waals surface area contributed by atoms with Gasteiger partial charge in [0.1, 0.15) is 12.4 Å². The third kappa shape index (κ3) is 2.61. The molecule has 0 fully saturated rings. The smallest absolute Gasteiger partial charge is 0.336 e. The van der Waals surface area contributed by atoms with Crippen molar-refractivity contribution >= 4 is 11.9 Å². The highest BCUT2D eigenvalue weighted by Gasteiger charge is 2.31. The van der Waals surface area contributed by atoms with Crippen molar-refractivity contribution in [2.45, 2.75) is 32.7 Å². The summed E-state index contributed by atoms with van der Waals surface area (Å²) in [6.45, 7) is 6.33. The predicted octanol–water partition coefficient (Wildman–Crippen LogP) is 2.51. The van der Waals surface area contributed by atoms with Crippen LogP contribution < -0.4 is 4.74 Å². The van der Waals surface area contributed by atoms with Gasteiger partial charge in [0.15, 0.2) is 0 Å². The number of aromatic carboxylic acids is 1. The summed E-state index contributed by atoms with van der Waals surface area (Å²) in [7, 11) is 1.52. The first-order valence-corrected chi connectivity index (χ1v) is 6.55. The van der Waals surface area contributed by atoms with Crippen molar-refractivity contribution in [3.63, 3.8) is 0 Å². The zero-order valence-corrected chi connectivity index (χ0v) is 12.2. The van der Waals surface area contributed by atoms with Crippen LogP contribution in [0.3, 0.4) is 0 Å². The van der Waals surface area contributed by atoms with Gasteiger partial charge < -0.3 is 14.6 Å². The summed E-state index contributed by atoms with van der Waals surface area (Å²) in [4.78, 5) is 16.0. The monoisotopic (exact) mass is 277 g/mol. The van der Waals surface area contributed by atoms with Crippen molar-refractivity contribution < 1.29 is 19.4 Å². The van der Waals surface area contributed by atoms with E-state index in [2.05, 4.69) is 4.99 Å². The van der Waals surface area contributed by atoms with E-state index in [1.54, 1.807) is 0 Å². The van der Waals surface area contributed by atoms with E-state index in [0.717, 1.165) is 5.56 Å². The van der Waals surface area contributed by atoms with Crippen LogP contribution in [0.15, 0.2) is 17.1 Å². The Kier molecular flexibility index (Phi) is 3.70.